The van der Waals surface area contributed by atoms with Crippen molar-refractivity contribution in [3.8, 4) is 0 Å². The van der Waals surface area contributed by atoms with Crippen LogP contribution in [-0.4, -0.2) is 30.1 Å². The predicted octanol–water partition coefficient (Wildman–Crippen LogP) is -0.299. The van der Waals surface area contributed by atoms with E-state index in [1.807, 2.05) is 0 Å². The van der Waals surface area contributed by atoms with Crippen molar-refractivity contribution in [1.29, 1.82) is 0 Å². The third kappa shape index (κ3) is 8.39. The predicted molar refractivity (Wildman–Crippen MR) is 48.1 cm³/mol. The van der Waals surface area contributed by atoms with Gasteiger partial charge < -0.3 is 15.7 Å². The molecule has 0 radical (unpaired) electrons. The van der Waals surface area contributed by atoms with Gasteiger partial charge in [-0.3, -0.25) is 9.59 Å². The number of hydrogen-bond acceptors (Lipinski definition) is 3. The van der Waals surface area contributed by atoms with Crippen LogP contribution < -0.4 is 10.6 Å². The molecule has 0 aromatic carbocycles. The van der Waals surface area contributed by atoms with Crippen LogP contribution in [-0.2, 0) is 9.59 Å². The van der Waals surface area contributed by atoms with Crippen LogP contribution in [0.25, 0.3) is 0 Å². The van der Waals surface area contributed by atoms with Crippen molar-refractivity contribution in [3.63, 3.8) is 0 Å². The van der Waals surface area contributed by atoms with E-state index in [4.69, 9.17) is 5.11 Å². The summed E-state index contributed by atoms with van der Waals surface area (Å²) in [7, 11) is 0. The highest BCUT2D eigenvalue weighted by molar-refractivity contribution is 5.80. The smallest absolute Gasteiger partial charge is 0.303 e. The minimum absolute atomic E-state index is 0.0312. The Bertz CT molecular complexity index is 192. The lowest BCUT2D eigenvalue weighted by Gasteiger charge is -2.03. The highest BCUT2D eigenvalue weighted by Crippen LogP contribution is 1.87. The van der Waals surface area contributed by atoms with Crippen molar-refractivity contribution in [3.05, 3.63) is 12.8 Å². The van der Waals surface area contributed by atoms with Gasteiger partial charge in [0.25, 0.3) is 0 Å². The van der Waals surface area contributed by atoms with Crippen molar-refractivity contribution in [2.75, 3.05) is 13.1 Å². The molecular formula is C8H14N2O3. The number of carboxylic acid groups (broad SMARTS) is 1. The van der Waals surface area contributed by atoms with Gasteiger partial charge >= 0.3 is 5.97 Å². The SMILES string of the molecule is C=CNCCNC(=O)CCC(=O)O. The summed E-state index contributed by atoms with van der Waals surface area (Å²) in [5.74, 6) is -1.20. The van der Waals surface area contributed by atoms with E-state index < -0.39 is 5.97 Å². The summed E-state index contributed by atoms with van der Waals surface area (Å²) in [5, 5.41) is 13.6. The number of rotatable bonds is 7. The lowest BCUT2D eigenvalue weighted by atomic mass is 10.3. The molecule has 0 rings (SSSR count). The first-order valence-electron chi connectivity index (χ1n) is 3.99. The van der Waals surface area contributed by atoms with Crippen LogP contribution in [0.4, 0.5) is 0 Å². The second-order valence-corrected chi connectivity index (χ2v) is 2.40. The molecule has 0 aliphatic carbocycles. The summed E-state index contributed by atoms with van der Waals surface area (Å²) < 4.78 is 0. The highest BCUT2D eigenvalue weighted by atomic mass is 16.4. The number of nitrogens with one attached hydrogen (secondary N) is 2. The lowest BCUT2D eigenvalue weighted by molar-refractivity contribution is -0.138. The zero-order chi connectivity index (χ0) is 10.1. The third-order valence-corrected chi connectivity index (χ3v) is 1.30. The summed E-state index contributed by atoms with van der Waals surface area (Å²) in [6, 6.07) is 0. The summed E-state index contributed by atoms with van der Waals surface area (Å²) in [4.78, 5) is 21.0. The number of carbonyl (C=O) groups excluding carboxylic acids is 1. The molecule has 3 N–H and O–H groups in total. The molecule has 0 saturated heterocycles. The number of carboxylic acids is 1. The van der Waals surface area contributed by atoms with E-state index in [1.165, 1.54) is 6.20 Å². The normalized spacial score (nSPS) is 8.92. The summed E-state index contributed by atoms with van der Waals surface area (Å²) in [6.07, 6.45) is 1.44. The van der Waals surface area contributed by atoms with Crippen LogP contribution in [0.5, 0.6) is 0 Å². The highest BCUT2D eigenvalue weighted by Gasteiger charge is 2.03. The molecule has 0 bridgehead atoms. The molecule has 1 amide bonds. The molecule has 0 fully saturated rings. The van der Waals surface area contributed by atoms with E-state index in [-0.39, 0.29) is 18.7 Å². The van der Waals surface area contributed by atoms with E-state index in [0.29, 0.717) is 13.1 Å². The molecule has 0 unspecified atom stereocenters. The van der Waals surface area contributed by atoms with E-state index >= 15 is 0 Å². The molecule has 5 heteroatoms. The van der Waals surface area contributed by atoms with Gasteiger partial charge in [-0.2, -0.15) is 0 Å². The summed E-state index contributed by atoms with van der Waals surface area (Å²) in [5.41, 5.74) is 0. The average molecular weight is 186 g/mol. The zero-order valence-electron chi connectivity index (χ0n) is 7.38. The van der Waals surface area contributed by atoms with Crippen molar-refractivity contribution in [2.24, 2.45) is 0 Å². The maximum absolute atomic E-state index is 10.9. The van der Waals surface area contributed by atoms with E-state index in [0.717, 1.165) is 0 Å². The van der Waals surface area contributed by atoms with Gasteiger partial charge in [0.15, 0.2) is 0 Å². The number of amides is 1. The molecule has 74 valence electrons. The maximum atomic E-state index is 10.9. The minimum Gasteiger partial charge on any atom is -0.481 e. The Kier molecular flexibility index (Phi) is 6.31. The van der Waals surface area contributed by atoms with E-state index in [1.54, 1.807) is 0 Å². The van der Waals surface area contributed by atoms with Crippen molar-refractivity contribution >= 4 is 11.9 Å². The molecule has 0 aliphatic rings. The van der Waals surface area contributed by atoms with Crippen LogP contribution in [0.1, 0.15) is 12.8 Å². The van der Waals surface area contributed by atoms with Crippen LogP contribution >= 0.6 is 0 Å². The van der Waals surface area contributed by atoms with Gasteiger partial charge in [-0.25, -0.2) is 0 Å². The molecule has 0 saturated carbocycles. The molecule has 0 atom stereocenters. The number of hydrogen-bond donors (Lipinski definition) is 3. The van der Waals surface area contributed by atoms with Crippen molar-refractivity contribution in [2.45, 2.75) is 12.8 Å². The second-order valence-electron chi connectivity index (χ2n) is 2.40. The van der Waals surface area contributed by atoms with Gasteiger partial charge in [-0.15, -0.1) is 0 Å². The maximum Gasteiger partial charge on any atom is 0.303 e. The molecule has 0 aliphatic heterocycles. The van der Waals surface area contributed by atoms with Gasteiger partial charge in [0, 0.05) is 19.5 Å². The van der Waals surface area contributed by atoms with Crippen LogP contribution in [0, 0.1) is 0 Å². The number of aliphatic carboxylic acids is 1. The fourth-order valence-corrected chi connectivity index (χ4v) is 0.685. The minimum atomic E-state index is -0.959. The molecule has 5 nitrogen and oxygen atoms in total. The van der Waals surface area contributed by atoms with Crippen LogP contribution in [0.2, 0.25) is 0 Å². The Morgan fingerprint density at radius 2 is 2.00 bits per heavy atom. The lowest BCUT2D eigenvalue weighted by Crippen LogP contribution is -2.30. The van der Waals surface area contributed by atoms with Crippen molar-refractivity contribution in [1.82, 2.24) is 10.6 Å². The van der Waals surface area contributed by atoms with E-state index in [9.17, 15) is 9.59 Å². The molecule has 0 aromatic rings. The fraction of sp³-hybridized carbons (Fsp3) is 0.500. The first kappa shape index (κ1) is 11.5. The summed E-state index contributed by atoms with van der Waals surface area (Å²) >= 11 is 0. The standard InChI is InChI=1S/C8H14N2O3/c1-2-9-5-6-10-7(11)3-4-8(12)13/h2,9H,1,3-6H2,(H,10,11)(H,12,13). The Morgan fingerprint density at radius 1 is 1.31 bits per heavy atom. The summed E-state index contributed by atoms with van der Waals surface area (Å²) in [6.45, 7) is 4.51. The van der Waals surface area contributed by atoms with Crippen LogP contribution in [0.15, 0.2) is 12.8 Å². The molecule has 13 heavy (non-hydrogen) atoms. The topological polar surface area (TPSA) is 78.4 Å². The first-order chi connectivity index (χ1) is 6.16. The fourth-order valence-electron chi connectivity index (χ4n) is 0.685. The van der Waals surface area contributed by atoms with Gasteiger partial charge in [-0.05, 0) is 6.20 Å². The van der Waals surface area contributed by atoms with Gasteiger partial charge in [0.2, 0.25) is 5.91 Å². The van der Waals surface area contributed by atoms with Gasteiger partial charge in [0.1, 0.15) is 0 Å². The Balaban J connectivity index is 3.30. The number of carbonyl (C=O) groups is 2. The third-order valence-electron chi connectivity index (χ3n) is 1.30. The molecular weight excluding hydrogens is 172 g/mol. The van der Waals surface area contributed by atoms with Crippen LogP contribution in [0.3, 0.4) is 0 Å². The largest absolute Gasteiger partial charge is 0.481 e. The van der Waals surface area contributed by atoms with Crippen molar-refractivity contribution < 1.29 is 14.7 Å². The monoisotopic (exact) mass is 186 g/mol. The zero-order valence-corrected chi connectivity index (χ0v) is 7.38. The van der Waals surface area contributed by atoms with E-state index in [2.05, 4.69) is 17.2 Å². The Morgan fingerprint density at radius 3 is 2.54 bits per heavy atom. The van der Waals surface area contributed by atoms with Gasteiger partial charge in [-0.1, -0.05) is 6.58 Å². The quantitative estimate of drug-likeness (QED) is 0.477. The Hall–Kier alpha value is -1.52. The molecule has 0 spiro atoms. The second kappa shape index (κ2) is 7.15. The molecule has 0 heterocycles. The Labute approximate surface area is 76.8 Å². The molecule has 0 aromatic heterocycles. The first-order valence-corrected chi connectivity index (χ1v) is 3.99. The average Bonchev–Trinajstić information content (AvgIpc) is 2.09. The van der Waals surface area contributed by atoms with Gasteiger partial charge in [0.05, 0.1) is 6.42 Å².